The summed E-state index contributed by atoms with van der Waals surface area (Å²) < 4.78 is 1.63. The largest absolute Gasteiger partial charge is 0.365 e. The van der Waals surface area contributed by atoms with Gasteiger partial charge in [0.1, 0.15) is 17.3 Å². The summed E-state index contributed by atoms with van der Waals surface area (Å²) in [5.74, 6) is 1.25. The zero-order chi connectivity index (χ0) is 12.5. The molecule has 0 aliphatic rings. The van der Waals surface area contributed by atoms with Gasteiger partial charge in [-0.05, 0) is 6.92 Å². The Labute approximate surface area is 107 Å². The number of nitrogens with one attached hydrogen (secondary N) is 2. The van der Waals surface area contributed by atoms with E-state index in [1.165, 1.54) is 6.33 Å². The van der Waals surface area contributed by atoms with E-state index in [0.717, 1.165) is 16.9 Å². The third-order valence-electron chi connectivity index (χ3n) is 2.62. The second-order valence-electron chi connectivity index (χ2n) is 3.81. The Balaban J connectivity index is 1.99. The van der Waals surface area contributed by atoms with Gasteiger partial charge >= 0.3 is 0 Å². The standard InChI is InChI=1S/C10H10ClN7/c1-6-8(11)17-10-13-5-16-18(10)9(6)12-2-7-3-14-15-4-7/h3-5,12H,2H2,1H3,(H,14,15). The molecule has 92 valence electrons. The van der Waals surface area contributed by atoms with Gasteiger partial charge < -0.3 is 5.32 Å². The van der Waals surface area contributed by atoms with E-state index in [-0.39, 0.29) is 0 Å². The van der Waals surface area contributed by atoms with E-state index in [1.807, 2.05) is 13.1 Å². The Bertz CT molecular complexity index is 673. The lowest BCUT2D eigenvalue weighted by Gasteiger charge is -2.10. The number of H-pyrrole nitrogens is 1. The van der Waals surface area contributed by atoms with Gasteiger partial charge in [0.2, 0.25) is 0 Å². The highest BCUT2D eigenvalue weighted by Gasteiger charge is 2.11. The fraction of sp³-hybridized carbons (Fsp3) is 0.200. The number of aromatic nitrogens is 6. The fourth-order valence-corrected chi connectivity index (χ4v) is 1.83. The zero-order valence-electron chi connectivity index (χ0n) is 9.55. The van der Waals surface area contributed by atoms with Crippen LogP contribution < -0.4 is 5.32 Å². The van der Waals surface area contributed by atoms with Crippen molar-refractivity contribution in [2.45, 2.75) is 13.5 Å². The Kier molecular flexibility index (Phi) is 2.60. The SMILES string of the molecule is Cc1c(Cl)nc2ncnn2c1NCc1cn[nH]c1. The minimum Gasteiger partial charge on any atom is -0.365 e. The molecule has 0 aliphatic heterocycles. The van der Waals surface area contributed by atoms with Crippen LogP contribution in [0.2, 0.25) is 5.15 Å². The second kappa shape index (κ2) is 4.26. The first kappa shape index (κ1) is 11.0. The van der Waals surface area contributed by atoms with E-state index >= 15 is 0 Å². The molecule has 0 radical (unpaired) electrons. The molecule has 0 spiro atoms. The summed E-state index contributed by atoms with van der Waals surface area (Å²) in [6.07, 6.45) is 5.02. The van der Waals surface area contributed by atoms with Crippen LogP contribution in [0, 0.1) is 6.92 Å². The van der Waals surface area contributed by atoms with Crippen LogP contribution in [0.5, 0.6) is 0 Å². The average Bonchev–Trinajstić information content (AvgIpc) is 3.00. The lowest BCUT2D eigenvalue weighted by Crippen LogP contribution is -2.08. The van der Waals surface area contributed by atoms with Crippen molar-refractivity contribution in [1.82, 2.24) is 29.8 Å². The molecular formula is C10H10ClN7. The van der Waals surface area contributed by atoms with Crippen molar-refractivity contribution >= 4 is 23.2 Å². The van der Waals surface area contributed by atoms with Crippen LogP contribution in [-0.4, -0.2) is 29.8 Å². The molecule has 3 rings (SSSR count). The Morgan fingerprint density at radius 3 is 3.17 bits per heavy atom. The lowest BCUT2D eigenvalue weighted by atomic mass is 10.3. The summed E-state index contributed by atoms with van der Waals surface area (Å²) in [6, 6.07) is 0. The maximum atomic E-state index is 6.06. The van der Waals surface area contributed by atoms with Crippen molar-refractivity contribution in [3.05, 3.63) is 35.0 Å². The third kappa shape index (κ3) is 1.78. The molecule has 0 saturated carbocycles. The molecule has 0 aromatic carbocycles. The highest BCUT2D eigenvalue weighted by Crippen LogP contribution is 2.22. The van der Waals surface area contributed by atoms with E-state index in [1.54, 1.807) is 10.7 Å². The van der Waals surface area contributed by atoms with Crippen LogP contribution in [0.3, 0.4) is 0 Å². The van der Waals surface area contributed by atoms with Crippen LogP contribution in [0.25, 0.3) is 5.78 Å². The fourth-order valence-electron chi connectivity index (χ4n) is 1.67. The summed E-state index contributed by atoms with van der Waals surface area (Å²) in [5.41, 5.74) is 1.87. The third-order valence-corrected chi connectivity index (χ3v) is 2.99. The normalized spacial score (nSPS) is 11.0. The number of rotatable bonds is 3. The number of hydrogen-bond donors (Lipinski definition) is 2. The van der Waals surface area contributed by atoms with Gasteiger partial charge in [-0.1, -0.05) is 11.6 Å². The molecule has 3 heterocycles. The number of fused-ring (bicyclic) bond motifs is 1. The summed E-state index contributed by atoms with van der Waals surface area (Å²) in [6.45, 7) is 2.50. The van der Waals surface area contributed by atoms with Crippen molar-refractivity contribution in [3.8, 4) is 0 Å². The molecule has 0 atom stereocenters. The van der Waals surface area contributed by atoms with E-state index in [9.17, 15) is 0 Å². The van der Waals surface area contributed by atoms with E-state index < -0.39 is 0 Å². The zero-order valence-corrected chi connectivity index (χ0v) is 10.3. The molecule has 7 nitrogen and oxygen atoms in total. The quantitative estimate of drug-likeness (QED) is 0.698. The van der Waals surface area contributed by atoms with E-state index in [4.69, 9.17) is 11.6 Å². The molecule has 0 bridgehead atoms. The lowest BCUT2D eigenvalue weighted by molar-refractivity contribution is 0.914. The van der Waals surface area contributed by atoms with Crippen molar-refractivity contribution < 1.29 is 0 Å². The minimum atomic E-state index is 0.421. The summed E-state index contributed by atoms with van der Waals surface area (Å²) in [4.78, 5) is 8.16. The second-order valence-corrected chi connectivity index (χ2v) is 4.17. The first-order valence-electron chi connectivity index (χ1n) is 5.33. The number of halogens is 1. The molecular weight excluding hydrogens is 254 g/mol. The molecule has 0 saturated heterocycles. The number of nitrogens with zero attached hydrogens (tertiary/aromatic N) is 5. The van der Waals surface area contributed by atoms with Crippen molar-refractivity contribution in [1.29, 1.82) is 0 Å². The number of hydrogen-bond acceptors (Lipinski definition) is 5. The van der Waals surface area contributed by atoms with Crippen LogP contribution in [-0.2, 0) is 6.54 Å². The highest BCUT2D eigenvalue weighted by atomic mass is 35.5. The topological polar surface area (TPSA) is 83.8 Å². The van der Waals surface area contributed by atoms with Crippen molar-refractivity contribution in [3.63, 3.8) is 0 Å². The summed E-state index contributed by atoms with van der Waals surface area (Å²) >= 11 is 6.06. The first-order valence-corrected chi connectivity index (χ1v) is 5.71. The monoisotopic (exact) mass is 263 g/mol. The van der Waals surface area contributed by atoms with Gasteiger partial charge in [0, 0.05) is 23.9 Å². The molecule has 3 aromatic heterocycles. The smallest absolute Gasteiger partial charge is 0.255 e. The molecule has 0 amide bonds. The van der Waals surface area contributed by atoms with Crippen molar-refractivity contribution in [2.75, 3.05) is 5.32 Å². The average molecular weight is 264 g/mol. The molecule has 3 aromatic rings. The number of aromatic amines is 1. The van der Waals surface area contributed by atoms with E-state index in [0.29, 0.717) is 17.5 Å². The Hall–Kier alpha value is -2.15. The molecule has 18 heavy (non-hydrogen) atoms. The van der Waals surface area contributed by atoms with Gasteiger partial charge in [0.05, 0.1) is 6.20 Å². The van der Waals surface area contributed by atoms with Gasteiger partial charge in [-0.25, -0.2) is 0 Å². The van der Waals surface area contributed by atoms with Gasteiger partial charge in [-0.3, -0.25) is 5.10 Å². The van der Waals surface area contributed by atoms with Gasteiger partial charge in [0.25, 0.3) is 5.78 Å². The first-order chi connectivity index (χ1) is 8.75. The van der Waals surface area contributed by atoms with Crippen LogP contribution >= 0.6 is 11.6 Å². The maximum absolute atomic E-state index is 6.06. The van der Waals surface area contributed by atoms with Crippen LogP contribution in [0.15, 0.2) is 18.7 Å². The van der Waals surface area contributed by atoms with Crippen molar-refractivity contribution in [2.24, 2.45) is 0 Å². The minimum absolute atomic E-state index is 0.421. The predicted octanol–water partition coefficient (Wildman–Crippen LogP) is 1.42. The van der Waals surface area contributed by atoms with Gasteiger partial charge in [-0.15, -0.1) is 0 Å². The summed E-state index contributed by atoms with van der Waals surface area (Å²) in [5, 5.41) is 14.5. The van der Waals surface area contributed by atoms with Gasteiger partial charge in [-0.2, -0.15) is 24.7 Å². The molecule has 0 fully saturated rings. The molecule has 0 unspecified atom stereocenters. The Morgan fingerprint density at radius 1 is 1.50 bits per heavy atom. The molecule has 8 heteroatoms. The highest BCUT2D eigenvalue weighted by molar-refractivity contribution is 6.30. The van der Waals surface area contributed by atoms with Gasteiger partial charge in [0.15, 0.2) is 0 Å². The Morgan fingerprint density at radius 2 is 2.39 bits per heavy atom. The predicted molar refractivity (Wildman–Crippen MR) is 66.4 cm³/mol. The van der Waals surface area contributed by atoms with E-state index in [2.05, 4.69) is 30.6 Å². The molecule has 2 N–H and O–H groups in total. The molecule has 0 aliphatic carbocycles. The maximum Gasteiger partial charge on any atom is 0.255 e. The summed E-state index contributed by atoms with van der Waals surface area (Å²) in [7, 11) is 0. The van der Waals surface area contributed by atoms with Crippen LogP contribution in [0.1, 0.15) is 11.1 Å². The number of anilines is 1. The van der Waals surface area contributed by atoms with Crippen LogP contribution in [0.4, 0.5) is 5.82 Å².